The number of nitrogens with zero attached hydrogens (tertiary/aromatic N) is 1. The summed E-state index contributed by atoms with van der Waals surface area (Å²) in [7, 11) is 0. The van der Waals surface area contributed by atoms with Crippen molar-refractivity contribution in [3.05, 3.63) is 76.2 Å². The molecule has 0 fully saturated rings. The zero-order chi connectivity index (χ0) is 16.1. The Morgan fingerprint density at radius 3 is 2.52 bits per heavy atom. The highest BCUT2D eigenvalue weighted by Crippen LogP contribution is 2.17. The fraction of sp³-hybridized carbons (Fsp3) is 0.111. The largest absolute Gasteiger partial charge is 0.486 e. The van der Waals surface area contributed by atoms with Gasteiger partial charge in [-0.3, -0.25) is 4.79 Å². The van der Waals surface area contributed by atoms with Crippen molar-refractivity contribution in [2.24, 2.45) is 0 Å². The predicted molar refractivity (Wildman–Crippen MR) is 92.0 cm³/mol. The number of hydrogen-bond acceptors (Lipinski definition) is 4. The molecule has 0 unspecified atom stereocenters. The zero-order valence-corrected chi connectivity index (χ0v) is 13.5. The monoisotopic (exact) mass is 324 g/mol. The standard InChI is InChI=1S/C18H16N2O2S/c1-13-12-23-17(19-13)11-22-16-9-7-14(8-10-16)18(21)20-15-5-3-2-4-6-15/h2-10,12H,11H2,1H3,(H,20,21). The van der Waals surface area contributed by atoms with Gasteiger partial charge in [-0.05, 0) is 43.3 Å². The summed E-state index contributed by atoms with van der Waals surface area (Å²) < 4.78 is 5.67. The first-order valence-corrected chi connectivity index (χ1v) is 8.09. The molecule has 5 heteroatoms. The molecular weight excluding hydrogens is 308 g/mol. The molecule has 0 aliphatic rings. The van der Waals surface area contributed by atoms with Crippen LogP contribution in [-0.4, -0.2) is 10.9 Å². The molecule has 1 aromatic heterocycles. The summed E-state index contributed by atoms with van der Waals surface area (Å²) in [5.41, 5.74) is 2.37. The van der Waals surface area contributed by atoms with Crippen LogP contribution in [0.25, 0.3) is 0 Å². The van der Waals surface area contributed by atoms with E-state index in [2.05, 4.69) is 10.3 Å². The van der Waals surface area contributed by atoms with E-state index in [-0.39, 0.29) is 5.91 Å². The Morgan fingerprint density at radius 2 is 1.87 bits per heavy atom. The van der Waals surface area contributed by atoms with E-state index in [1.54, 1.807) is 35.6 Å². The molecule has 1 heterocycles. The van der Waals surface area contributed by atoms with Crippen molar-refractivity contribution >= 4 is 22.9 Å². The second kappa shape index (κ2) is 7.07. The van der Waals surface area contributed by atoms with E-state index >= 15 is 0 Å². The number of thiazole rings is 1. The maximum Gasteiger partial charge on any atom is 0.255 e. The summed E-state index contributed by atoms with van der Waals surface area (Å²) in [6.45, 7) is 2.40. The van der Waals surface area contributed by atoms with Crippen LogP contribution in [0.2, 0.25) is 0 Å². The van der Waals surface area contributed by atoms with Crippen molar-refractivity contribution in [3.8, 4) is 5.75 Å². The lowest BCUT2D eigenvalue weighted by Gasteiger charge is -2.07. The molecule has 1 N–H and O–H groups in total. The third-order valence-corrected chi connectivity index (χ3v) is 4.12. The van der Waals surface area contributed by atoms with Crippen molar-refractivity contribution in [1.29, 1.82) is 0 Å². The van der Waals surface area contributed by atoms with Gasteiger partial charge in [0, 0.05) is 22.3 Å². The highest BCUT2D eigenvalue weighted by molar-refractivity contribution is 7.09. The quantitative estimate of drug-likeness (QED) is 0.762. The smallest absolute Gasteiger partial charge is 0.255 e. The Morgan fingerprint density at radius 1 is 1.13 bits per heavy atom. The van der Waals surface area contributed by atoms with Crippen molar-refractivity contribution in [2.75, 3.05) is 5.32 Å². The molecule has 0 atom stereocenters. The van der Waals surface area contributed by atoms with Crippen molar-refractivity contribution in [2.45, 2.75) is 13.5 Å². The van der Waals surface area contributed by atoms with Gasteiger partial charge in [0.1, 0.15) is 17.4 Å². The molecule has 0 spiro atoms. The van der Waals surface area contributed by atoms with Crippen LogP contribution in [-0.2, 0) is 6.61 Å². The Bertz CT molecular complexity index is 782. The normalized spacial score (nSPS) is 10.3. The van der Waals surface area contributed by atoms with E-state index in [9.17, 15) is 4.79 Å². The number of aryl methyl sites for hydroxylation is 1. The van der Waals surface area contributed by atoms with Crippen LogP contribution in [0.5, 0.6) is 5.75 Å². The number of nitrogens with one attached hydrogen (secondary N) is 1. The Labute approximate surface area is 138 Å². The molecule has 3 rings (SSSR count). The fourth-order valence-corrected chi connectivity index (χ4v) is 2.72. The van der Waals surface area contributed by atoms with E-state index in [0.29, 0.717) is 17.9 Å². The van der Waals surface area contributed by atoms with Crippen molar-refractivity contribution in [3.63, 3.8) is 0 Å². The lowest BCUT2D eigenvalue weighted by Crippen LogP contribution is -2.11. The van der Waals surface area contributed by atoms with Crippen LogP contribution >= 0.6 is 11.3 Å². The van der Waals surface area contributed by atoms with Crippen LogP contribution in [0.3, 0.4) is 0 Å². The number of aromatic nitrogens is 1. The zero-order valence-electron chi connectivity index (χ0n) is 12.7. The Kier molecular flexibility index (Phi) is 4.68. The SMILES string of the molecule is Cc1csc(COc2ccc(C(=O)Nc3ccccc3)cc2)n1. The first kappa shape index (κ1) is 15.2. The molecule has 1 amide bonds. The minimum atomic E-state index is -0.140. The van der Waals surface area contributed by atoms with Crippen LogP contribution in [0.4, 0.5) is 5.69 Å². The fourth-order valence-electron chi connectivity index (χ4n) is 2.04. The number of anilines is 1. The van der Waals surface area contributed by atoms with Gasteiger partial charge >= 0.3 is 0 Å². The summed E-state index contributed by atoms with van der Waals surface area (Å²) in [5, 5.41) is 5.78. The summed E-state index contributed by atoms with van der Waals surface area (Å²) in [6, 6.07) is 16.5. The minimum Gasteiger partial charge on any atom is -0.486 e. The number of benzene rings is 2. The van der Waals surface area contributed by atoms with Gasteiger partial charge in [0.05, 0.1) is 0 Å². The molecule has 4 nitrogen and oxygen atoms in total. The summed E-state index contributed by atoms with van der Waals surface area (Å²) >= 11 is 1.58. The number of amides is 1. The van der Waals surface area contributed by atoms with E-state index in [4.69, 9.17) is 4.74 Å². The lowest BCUT2D eigenvalue weighted by molar-refractivity contribution is 0.102. The molecule has 3 aromatic rings. The molecule has 0 aliphatic heterocycles. The van der Waals surface area contributed by atoms with E-state index in [1.807, 2.05) is 42.6 Å². The second-order valence-corrected chi connectivity index (χ2v) is 5.96. The van der Waals surface area contributed by atoms with Crippen LogP contribution in [0.1, 0.15) is 21.1 Å². The van der Waals surface area contributed by atoms with E-state index < -0.39 is 0 Å². The molecule has 0 bridgehead atoms. The van der Waals surface area contributed by atoms with Gasteiger partial charge in [-0.2, -0.15) is 0 Å². The number of carbonyl (C=O) groups excluding carboxylic acids is 1. The topological polar surface area (TPSA) is 51.2 Å². The van der Waals surface area contributed by atoms with Crippen LogP contribution in [0.15, 0.2) is 60.0 Å². The van der Waals surface area contributed by atoms with Gasteiger partial charge in [0.15, 0.2) is 0 Å². The average molecular weight is 324 g/mol. The maximum atomic E-state index is 12.1. The van der Waals surface area contributed by atoms with Crippen LogP contribution in [0, 0.1) is 6.92 Å². The Balaban J connectivity index is 1.59. The summed E-state index contributed by atoms with van der Waals surface area (Å²) in [4.78, 5) is 16.5. The number of para-hydroxylation sites is 1. The molecule has 0 aliphatic carbocycles. The van der Waals surface area contributed by atoms with Crippen molar-refractivity contribution < 1.29 is 9.53 Å². The summed E-state index contributed by atoms with van der Waals surface area (Å²) in [6.07, 6.45) is 0. The van der Waals surface area contributed by atoms with Crippen molar-refractivity contribution in [1.82, 2.24) is 4.98 Å². The molecule has 0 saturated heterocycles. The van der Waals surface area contributed by atoms with Gasteiger partial charge in [0.2, 0.25) is 0 Å². The molecule has 0 radical (unpaired) electrons. The second-order valence-electron chi connectivity index (χ2n) is 5.02. The van der Waals surface area contributed by atoms with Gasteiger partial charge in [-0.25, -0.2) is 4.98 Å². The third kappa shape index (κ3) is 4.17. The molecule has 2 aromatic carbocycles. The third-order valence-electron chi connectivity index (χ3n) is 3.18. The van der Waals surface area contributed by atoms with Gasteiger partial charge in [-0.1, -0.05) is 18.2 Å². The van der Waals surface area contributed by atoms with Crippen LogP contribution < -0.4 is 10.1 Å². The molecular formula is C18H16N2O2S. The number of carbonyl (C=O) groups is 1. The first-order valence-electron chi connectivity index (χ1n) is 7.21. The highest BCUT2D eigenvalue weighted by atomic mass is 32.1. The van der Waals surface area contributed by atoms with E-state index in [0.717, 1.165) is 16.4 Å². The number of hydrogen-bond donors (Lipinski definition) is 1. The molecule has 23 heavy (non-hydrogen) atoms. The van der Waals surface area contributed by atoms with E-state index in [1.165, 1.54) is 0 Å². The number of ether oxygens (including phenoxy) is 1. The van der Waals surface area contributed by atoms with Gasteiger partial charge in [-0.15, -0.1) is 11.3 Å². The predicted octanol–water partition coefficient (Wildman–Crippen LogP) is 4.28. The average Bonchev–Trinajstić information content (AvgIpc) is 3.00. The highest BCUT2D eigenvalue weighted by Gasteiger charge is 2.06. The lowest BCUT2D eigenvalue weighted by atomic mass is 10.2. The minimum absolute atomic E-state index is 0.140. The number of rotatable bonds is 5. The molecule has 116 valence electrons. The van der Waals surface area contributed by atoms with Gasteiger partial charge < -0.3 is 10.1 Å². The Hall–Kier alpha value is -2.66. The maximum absolute atomic E-state index is 12.1. The summed E-state index contributed by atoms with van der Waals surface area (Å²) in [5.74, 6) is 0.576. The molecule has 0 saturated carbocycles. The first-order chi connectivity index (χ1) is 11.2. The van der Waals surface area contributed by atoms with Gasteiger partial charge in [0.25, 0.3) is 5.91 Å².